The molecule has 0 atom stereocenters. The summed E-state index contributed by atoms with van der Waals surface area (Å²) < 4.78 is 50.7. The van der Waals surface area contributed by atoms with Gasteiger partial charge in [0, 0.05) is 39.8 Å². The molecule has 0 N–H and O–H groups in total. The molecular weight excluding hydrogens is 645 g/mol. The van der Waals surface area contributed by atoms with Gasteiger partial charge in [0.05, 0.1) is 47.7 Å². The number of anilines is 1. The molecule has 14 heteroatoms. The van der Waals surface area contributed by atoms with E-state index >= 15 is 0 Å². The highest BCUT2D eigenvalue weighted by atomic mass is 32.1. The molecule has 2 amide bonds. The van der Waals surface area contributed by atoms with Crippen molar-refractivity contribution in [3.05, 3.63) is 65.2 Å². The van der Waals surface area contributed by atoms with E-state index < -0.39 is 28.7 Å². The van der Waals surface area contributed by atoms with E-state index in [-0.39, 0.29) is 23.3 Å². The number of carbonyl (C=O) groups is 2. The van der Waals surface area contributed by atoms with Crippen LogP contribution in [0.1, 0.15) is 49.8 Å². The molecule has 2 fully saturated rings. The number of benzene rings is 2. The van der Waals surface area contributed by atoms with Gasteiger partial charge in [-0.25, -0.2) is 0 Å². The maximum Gasteiger partial charge on any atom is 0.417 e. The van der Waals surface area contributed by atoms with Gasteiger partial charge in [-0.05, 0) is 75.8 Å². The quantitative estimate of drug-likeness (QED) is 0.229. The van der Waals surface area contributed by atoms with Crippen LogP contribution >= 0.6 is 12.2 Å². The predicted octanol–water partition coefficient (Wildman–Crippen LogP) is 4.82. The highest BCUT2D eigenvalue weighted by Crippen LogP contribution is 2.38. The van der Waals surface area contributed by atoms with Crippen LogP contribution in [0.5, 0.6) is 0 Å². The van der Waals surface area contributed by atoms with E-state index in [4.69, 9.17) is 32.2 Å². The van der Waals surface area contributed by atoms with Crippen LogP contribution in [0.4, 0.5) is 18.9 Å². The van der Waals surface area contributed by atoms with Gasteiger partial charge in [0.25, 0.3) is 5.91 Å². The van der Waals surface area contributed by atoms with Gasteiger partial charge < -0.3 is 19.3 Å². The maximum absolute atomic E-state index is 13.5. The second-order valence-corrected chi connectivity index (χ2v) is 12.1. The zero-order valence-corrected chi connectivity index (χ0v) is 28.3. The molecule has 48 heavy (non-hydrogen) atoms. The number of hydrogen-bond acceptors (Lipinski definition) is 8. The molecule has 0 spiro atoms. The molecule has 0 aromatic heterocycles. The van der Waals surface area contributed by atoms with Crippen LogP contribution in [-0.4, -0.2) is 103 Å². The van der Waals surface area contributed by atoms with Crippen molar-refractivity contribution >= 4 is 34.8 Å². The third-order valence-electron chi connectivity index (χ3n) is 8.15. The maximum atomic E-state index is 13.5. The number of rotatable bonds is 12. The highest BCUT2D eigenvalue weighted by Gasteiger charge is 2.49. The monoisotopic (exact) mass is 686 g/mol. The van der Waals surface area contributed by atoms with E-state index in [0.717, 1.165) is 55.9 Å². The lowest BCUT2D eigenvalue weighted by atomic mass is 10.0. The first kappa shape index (κ1) is 38.4. The molecule has 4 rings (SSSR count). The molecule has 2 saturated heterocycles. The molecule has 0 bridgehead atoms. The molecule has 2 aromatic rings. The number of carbonyl (C=O) groups excluding carboxylic acids is 2. The third kappa shape index (κ3) is 10.2. The Morgan fingerprint density at radius 1 is 0.958 bits per heavy atom. The number of methoxy groups -OCH3 is 1. The average molecular weight is 687 g/mol. The SMILES string of the molecule is COCCOCC(=O)N1CCN(CCCCCN2C(=S)N(c3ccc(C#N)c(C(F)(F)F)c3)C(=O)C2(C)C)CC1.N#Cc1ccccc1. The van der Waals surface area contributed by atoms with Crippen molar-refractivity contribution in [2.24, 2.45) is 0 Å². The van der Waals surface area contributed by atoms with Gasteiger partial charge in [-0.3, -0.25) is 19.4 Å². The fraction of sp³-hybridized carbons (Fsp3) is 0.500. The molecule has 2 heterocycles. The Kier molecular flexibility index (Phi) is 14.3. The predicted molar refractivity (Wildman–Crippen MR) is 178 cm³/mol. The number of alkyl halides is 3. The van der Waals surface area contributed by atoms with Crippen molar-refractivity contribution in [1.29, 1.82) is 10.5 Å². The van der Waals surface area contributed by atoms with Crippen molar-refractivity contribution in [2.75, 3.05) is 71.1 Å². The summed E-state index contributed by atoms with van der Waals surface area (Å²) in [5.74, 6) is -0.425. The molecule has 0 saturated carbocycles. The molecule has 0 radical (unpaired) electrons. The summed E-state index contributed by atoms with van der Waals surface area (Å²) in [5, 5.41) is 17.5. The Labute approximate surface area is 285 Å². The molecule has 2 aliphatic rings. The Morgan fingerprint density at radius 2 is 1.62 bits per heavy atom. The van der Waals surface area contributed by atoms with E-state index in [1.54, 1.807) is 44.1 Å². The van der Waals surface area contributed by atoms with Crippen LogP contribution in [-0.2, 0) is 25.2 Å². The Hall–Kier alpha value is -4.08. The number of nitriles is 2. The first-order chi connectivity index (χ1) is 22.8. The van der Waals surface area contributed by atoms with Crippen molar-refractivity contribution in [3.63, 3.8) is 0 Å². The number of nitrogens with zero attached hydrogens (tertiary/aromatic N) is 6. The summed E-state index contributed by atoms with van der Waals surface area (Å²) in [6.07, 6.45) is -2.17. The Bertz CT molecular complexity index is 1480. The standard InChI is InChI=1S/C27H36F3N5O4S.C7H5N/c1-26(2)24(37)35(21-8-7-20(18-31)22(17-21)27(28,29)30)25(40)34(26)10-6-4-5-9-32-11-13-33(14-12-32)23(36)19-39-16-15-38-3;8-6-7-4-2-1-3-5-7/h7-8,17H,4-6,9-16,19H2,1-3H3;1-5H. The van der Waals surface area contributed by atoms with Crippen LogP contribution < -0.4 is 4.90 Å². The van der Waals surface area contributed by atoms with Gasteiger partial charge in [0.15, 0.2) is 5.11 Å². The molecule has 0 aliphatic carbocycles. The number of ether oxygens (including phenoxy) is 2. The van der Waals surface area contributed by atoms with Crippen LogP contribution in [0, 0.1) is 22.7 Å². The first-order valence-electron chi connectivity index (χ1n) is 15.6. The largest absolute Gasteiger partial charge is 0.417 e. The number of hydrogen-bond donors (Lipinski definition) is 0. The van der Waals surface area contributed by atoms with Gasteiger partial charge >= 0.3 is 6.18 Å². The van der Waals surface area contributed by atoms with E-state index in [2.05, 4.69) is 4.90 Å². The molecule has 10 nitrogen and oxygen atoms in total. The number of thiocarbonyl (C=S) groups is 1. The summed E-state index contributed by atoms with van der Waals surface area (Å²) in [5.41, 5.74) is -1.91. The minimum absolute atomic E-state index is 0.00365. The van der Waals surface area contributed by atoms with Gasteiger partial charge in [-0.15, -0.1) is 0 Å². The third-order valence-corrected chi connectivity index (χ3v) is 8.55. The zero-order chi connectivity index (χ0) is 35.3. The van der Waals surface area contributed by atoms with Crippen molar-refractivity contribution < 1.29 is 32.2 Å². The van der Waals surface area contributed by atoms with E-state index in [9.17, 15) is 22.8 Å². The summed E-state index contributed by atoms with van der Waals surface area (Å²) >= 11 is 5.55. The lowest BCUT2D eigenvalue weighted by Gasteiger charge is -2.34. The topological polar surface area (TPSA) is 113 Å². The van der Waals surface area contributed by atoms with Crippen LogP contribution in [0.25, 0.3) is 0 Å². The normalized spacial score (nSPS) is 16.3. The second-order valence-electron chi connectivity index (χ2n) is 11.8. The zero-order valence-electron chi connectivity index (χ0n) is 27.5. The number of amides is 2. The molecular formula is C34H41F3N6O4S. The molecule has 258 valence electrons. The van der Waals surface area contributed by atoms with Crippen LogP contribution in [0.3, 0.4) is 0 Å². The van der Waals surface area contributed by atoms with Gasteiger partial charge in [0.1, 0.15) is 12.1 Å². The summed E-state index contributed by atoms with van der Waals surface area (Å²) in [6.45, 7) is 8.60. The second kappa shape index (κ2) is 17.9. The summed E-state index contributed by atoms with van der Waals surface area (Å²) in [4.78, 5) is 32.5. The van der Waals surface area contributed by atoms with Crippen molar-refractivity contribution in [2.45, 2.75) is 44.8 Å². The first-order valence-corrected chi connectivity index (χ1v) is 16.1. The molecule has 0 unspecified atom stereocenters. The van der Waals surface area contributed by atoms with Gasteiger partial charge in [-0.1, -0.05) is 24.6 Å². The Morgan fingerprint density at radius 3 is 2.21 bits per heavy atom. The summed E-state index contributed by atoms with van der Waals surface area (Å²) in [6, 6.07) is 15.9. The number of unbranched alkanes of at least 4 members (excludes halogenated alkanes) is 2. The fourth-order valence-corrected chi connectivity index (χ4v) is 5.86. The van der Waals surface area contributed by atoms with Gasteiger partial charge in [-0.2, -0.15) is 23.7 Å². The Balaban J connectivity index is 0.000000681. The van der Waals surface area contributed by atoms with Crippen LogP contribution in [0.2, 0.25) is 0 Å². The average Bonchev–Trinajstić information content (AvgIpc) is 3.25. The van der Waals surface area contributed by atoms with E-state index in [1.807, 2.05) is 29.2 Å². The fourth-order valence-electron chi connectivity index (χ4n) is 5.35. The lowest BCUT2D eigenvalue weighted by Crippen LogP contribution is -2.49. The lowest BCUT2D eigenvalue weighted by molar-refractivity contribution is -0.138. The summed E-state index contributed by atoms with van der Waals surface area (Å²) in [7, 11) is 1.58. The smallest absolute Gasteiger partial charge is 0.382 e. The van der Waals surface area contributed by atoms with Crippen molar-refractivity contribution in [3.8, 4) is 12.1 Å². The number of halogens is 3. The highest BCUT2D eigenvalue weighted by molar-refractivity contribution is 7.80. The molecule has 2 aromatic carbocycles. The van der Waals surface area contributed by atoms with E-state index in [1.165, 1.54) is 6.07 Å². The van der Waals surface area contributed by atoms with E-state index in [0.29, 0.717) is 38.4 Å². The van der Waals surface area contributed by atoms with Gasteiger partial charge in [0.2, 0.25) is 5.91 Å². The number of piperazine rings is 1. The van der Waals surface area contributed by atoms with Crippen LogP contribution in [0.15, 0.2) is 48.5 Å². The van der Waals surface area contributed by atoms with Crippen molar-refractivity contribution in [1.82, 2.24) is 14.7 Å². The molecule has 2 aliphatic heterocycles. The minimum Gasteiger partial charge on any atom is -0.382 e. The minimum atomic E-state index is -4.73.